The Morgan fingerprint density at radius 3 is 2.55 bits per heavy atom. The van der Waals surface area contributed by atoms with Crippen LogP contribution >= 0.6 is 0 Å². The Labute approximate surface area is 173 Å². The van der Waals surface area contributed by atoms with Crippen LogP contribution in [0.4, 0.5) is 0 Å². The molecule has 0 N–H and O–H groups in total. The summed E-state index contributed by atoms with van der Waals surface area (Å²) in [5.41, 5.74) is 0.725. The molecule has 2 aliphatic heterocycles. The second-order valence-electron chi connectivity index (χ2n) is 8.01. The van der Waals surface area contributed by atoms with Gasteiger partial charge in [-0.05, 0) is 63.9 Å². The van der Waals surface area contributed by atoms with E-state index in [0.717, 1.165) is 76.6 Å². The number of carbonyl (C=O) groups is 2. The van der Waals surface area contributed by atoms with Gasteiger partial charge in [0.15, 0.2) is 24.1 Å². The van der Waals surface area contributed by atoms with E-state index in [2.05, 4.69) is 0 Å². The maximum absolute atomic E-state index is 12.1. The molecule has 0 radical (unpaired) electrons. The van der Waals surface area contributed by atoms with Crippen LogP contribution in [0, 0.1) is 0 Å². The summed E-state index contributed by atoms with van der Waals surface area (Å²) in [6, 6.07) is 0. The van der Waals surface area contributed by atoms with Crippen LogP contribution in [-0.4, -0.2) is 50.1 Å². The van der Waals surface area contributed by atoms with Gasteiger partial charge in [0.1, 0.15) is 6.61 Å². The van der Waals surface area contributed by atoms with Crippen LogP contribution in [0.2, 0.25) is 0 Å². The number of hydrogen-bond donors (Lipinski definition) is 0. The standard InChI is InChI=1S/C23H34O6/c24-19(17-28-22-11-5-7-13-26-22)10-4-2-1-3-9-18-15-20(16-21(18)25)29-23-12-6-8-14-27-23/h3,9,15,20,22-23H,1-2,4-8,10-14,16-17H2. The highest BCUT2D eigenvalue weighted by Gasteiger charge is 2.26. The van der Waals surface area contributed by atoms with E-state index in [-0.39, 0.29) is 36.9 Å². The van der Waals surface area contributed by atoms with Gasteiger partial charge < -0.3 is 18.9 Å². The molecule has 6 nitrogen and oxygen atoms in total. The highest BCUT2D eigenvalue weighted by atomic mass is 16.7. The summed E-state index contributed by atoms with van der Waals surface area (Å²) < 4.78 is 22.4. The van der Waals surface area contributed by atoms with Crippen molar-refractivity contribution in [2.75, 3.05) is 19.8 Å². The Balaban J connectivity index is 1.26. The molecule has 0 amide bonds. The number of ether oxygens (including phenoxy) is 4. The van der Waals surface area contributed by atoms with Crippen LogP contribution in [0.1, 0.15) is 70.6 Å². The molecule has 162 valence electrons. The summed E-state index contributed by atoms with van der Waals surface area (Å²) in [5.74, 6) is 0.251. The number of ketones is 2. The fourth-order valence-electron chi connectivity index (χ4n) is 3.80. The van der Waals surface area contributed by atoms with Gasteiger partial charge in [-0.1, -0.05) is 12.2 Å². The van der Waals surface area contributed by atoms with Gasteiger partial charge in [-0.3, -0.25) is 9.59 Å². The van der Waals surface area contributed by atoms with Crippen molar-refractivity contribution in [2.45, 2.75) is 89.3 Å². The van der Waals surface area contributed by atoms with Gasteiger partial charge in [-0.15, -0.1) is 0 Å². The van der Waals surface area contributed by atoms with Gasteiger partial charge in [0.05, 0.1) is 6.10 Å². The van der Waals surface area contributed by atoms with Crippen LogP contribution in [0.5, 0.6) is 0 Å². The molecule has 0 aromatic heterocycles. The average Bonchev–Trinajstić information content (AvgIpc) is 3.09. The summed E-state index contributed by atoms with van der Waals surface area (Å²) in [5, 5.41) is 0. The predicted molar refractivity (Wildman–Crippen MR) is 108 cm³/mol. The van der Waals surface area contributed by atoms with Crippen LogP contribution in [0.15, 0.2) is 23.8 Å². The summed E-state index contributed by atoms with van der Waals surface area (Å²) >= 11 is 0. The maximum Gasteiger partial charge on any atom is 0.165 e. The first-order chi connectivity index (χ1) is 14.2. The summed E-state index contributed by atoms with van der Waals surface area (Å²) in [6.07, 6.45) is 14.9. The Hall–Kier alpha value is -1.34. The van der Waals surface area contributed by atoms with Gasteiger partial charge >= 0.3 is 0 Å². The molecule has 0 saturated carbocycles. The van der Waals surface area contributed by atoms with Crippen molar-refractivity contribution < 1.29 is 28.5 Å². The van der Waals surface area contributed by atoms with Crippen LogP contribution in [0.25, 0.3) is 0 Å². The molecule has 0 aromatic rings. The Kier molecular flexibility index (Phi) is 9.54. The molecule has 2 heterocycles. The minimum atomic E-state index is -0.203. The minimum absolute atomic E-state index is 0.124. The quantitative estimate of drug-likeness (QED) is 0.483. The largest absolute Gasteiger partial charge is 0.353 e. The lowest BCUT2D eigenvalue weighted by molar-refractivity contribution is -0.178. The fourth-order valence-corrected chi connectivity index (χ4v) is 3.80. The zero-order valence-corrected chi connectivity index (χ0v) is 17.3. The van der Waals surface area contributed by atoms with E-state index in [0.29, 0.717) is 12.8 Å². The maximum atomic E-state index is 12.1. The summed E-state index contributed by atoms with van der Waals surface area (Å²) in [7, 11) is 0. The van der Waals surface area contributed by atoms with E-state index in [1.54, 1.807) is 0 Å². The molecule has 0 aromatic carbocycles. The number of allylic oxidation sites excluding steroid dienone is 3. The van der Waals surface area contributed by atoms with Crippen molar-refractivity contribution >= 4 is 11.6 Å². The lowest BCUT2D eigenvalue weighted by Crippen LogP contribution is -2.26. The molecule has 3 unspecified atom stereocenters. The zero-order valence-electron chi connectivity index (χ0n) is 17.3. The number of Topliss-reactive ketones (excluding diaryl/α,β-unsaturated/α-hetero) is 2. The molecular formula is C23H34O6. The number of carbonyl (C=O) groups excluding carboxylic acids is 2. The number of rotatable bonds is 11. The monoisotopic (exact) mass is 406 g/mol. The second-order valence-corrected chi connectivity index (χ2v) is 8.01. The van der Waals surface area contributed by atoms with E-state index in [1.165, 1.54) is 0 Å². The first-order valence-electron chi connectivity index (χ1n) is 11.1. The van der Waals surface area contributed by atoms with Crippen molar-refractivity contribution in [1.82, 2.24) is 0 Å². The molecule has 2 fully saturated rings. The average molecular weight is 407 g/mol. The molecule has 6 heteroatoms. The third-order valence-corrected chi connectivity index (χ3v) is 5.48. The third-order valence-electron chi connectivity index (χ3n) is 5.48. The molecule has 2 saturated heterocycles. The van der Waals surface area contributed by atoms with Crippen molar-refractivity contribution in [2.24, 2.45) is 0 Å². The van der Waals surface area contributed by atoms with Crippen molar-refractivity contribution in [1.29, 1.82) is 0 Å². The Morgan fingerprint density at radius 1 is 1.07 bits per heavy atom. The molecule has 29 heavy (non-hydrogen) atoms. The van der Waals surface area contributed by atoms with E-state index < -0.39 is 0 Å². The number of hydrogen-bond acceptors (Lipinski definition) is 6. The van der Waals surface area contributed by atoms with E-state index >= 15 is 0 Å². The Morgan fingerprint density at radius 2 is 1.83 bits per heavy atom. The lowest BCUT2D eigenvalue weighted by atomic mass is 10.1. The second kappa shape index (κ2) is 12.4. The topological polar surface area (TPSA) is 71.1 Å². The first-order valence-corrected chi connectivity index (χ1v) is 11.1. The van der Waals surface area contributed by atoms with Crippen LogP contribution < -0.4 is 0 Å². The van der Waals surface area contributed by atoms with Gasteiger partial charge in [0, 0.05) is 31.6 Å². The normalized spacial score (nSPS) is 28.1. The molecule has 0 bridgehead atoms. The number of unbranched alkanes of at least 4 members (excludes halogenated alkanes) is 2. The fraction of sp³-hybridized carbons (Fsp3) is 0.739. The van der Waals surface area contributed by atoms with Gasteiger partial charge in [-0.25, -0.2) is 0 Å². The van der Waals surface area contributed by atoms with Gasteiger partial charge in [-0.2, -0.15) is 0 Å². The highest BCUT2D eigenvalue weighted by Crippen LogP contribution is 2.23. The molecule has 3 atom stereocenters. The van der Waals surface area contributed by atoms with E-state index in [1.807, 2.05) is 18.2 Å². The van der Waals surface area contributed by atoms with E-state index in [4.69, 9.17) is 18.9 Å². The smallest absolute Gasteiger partial charge is 0.165 e. The molecule has 3 aliphatic rings. The van der Waals surface area contributed by atoms with Crippen molar-refractivity contribution in [3.63, 3.8) is 0 Å². The molecular weight excluding hydrogens is 372 g/mol. The highest BCUT2D eigenvalue weighted by molar-refractivity contribution is 6.00. The summed E-state index contributed by atoms with van der Waals surface area (Å²) in [4.78, 5) is 24.0. The lowest BCUT2D eigenvalue weighted by Gasteiger charge is -2.24. The SMILES string of the molecule is O=C(CCCCC=CC1=CC(OC2CCCCO2)CC1=O)COC1CCCCO1. The predicted octanol–water partition coefficient (Wildman–Crippen LogP) is 4.03. The van der Waals surface area contributed by atoms with Gasteiger partial charge in [0.2, 0.25) is 0 Å². The summed E-state index contributed by atoms with van der Waals surface area (Å²) in [6.45, 7) is 1.62. The van der Waals surface area contributed by atoms with Gasteiger partial charge in [0.25, 0.3) is 0 Å². The van der Waals surface area contributed by atoms with Crippen molar-refractivity contribution in [3.05, 3.63) is 23.8 Å². The minimum Gasteiger partial charge on any atom is -0.353 e. The van der Waals surface area contributed by atoms with E-state index in [9.17, 15) is 9.59 Å². The zero-order chi connectivity index (χ0) is 20.3. The van der Waals surface area contributed by atoms with Crippen molar-refractivity contribution in [3.8, 4) is 0 Å². The molecule has 3 rings (SSSR count). The van der Waals surface area contributed by atoms with Crippen LogP contribution in [-0.2, 0) is 28.5 Å². The molecule has 0 spiro atoms. The Bertz CT molecular complexity index is 584. The first kappa shape index (κ1) is 22.3. The molecule has 1 aliphatic carbocycles. The third kappa shape index (κ3) is 8.13. The van der Waals surface area contributed by atoms with Crippen LogP contribution in [0.3, 0.4) is 0 Å².